The third-order valence-electron chi connectivity index (χ3n) is 3.90. The molecule has 1 aliphatic heterocycles. The van der Waals surface area contributed by atoms with Gasteiger partial charge in [-0.2, -0.15) is 13.2 Å². The maximum absolute atomic E-state index is 13.0. The SMILES string of the molecule is CC(CC(=O)NCC1CCOC1)c1ccccc1C(F)(F)F. The van der Waals surface area contributed by atoms with Crippen molar-refractivity contribution in [3.8, 4) is 0 Å². The van der Waals surface area contributed by atoms with Gasteiger partial charge in [-0.25, -0.2) is 0 Å². The van der Waals surface area contributed by atoms with E-state index in [1.165, 1.54) is 12.1 Å². The van der Waals surface area contributed by atoms with Gasteiger partial charge in [-0.1, -0.05) is 25.1 Å². The van der Waals surface area contributed by atoms with Crippen LogP contribution in [0.25, 0.3) is 0 Å². The molecule has 1 N–H and O–H groups in total. The molecule has 1 saturated heterocycles. The molecule has 0 radical (unpaired) electrons. The Bertz CT molecular complexity index is 510. The van der Waals surface area contributed by atoms with E-state index in [0.29, 0.717) is 25.7 Å². The summed E-state index contributed by atoms with van der Waals surface area (Å²) in [5.74, 6) is -0.407. The molecule has 1 aromatic carbocycles. The molecule has 3 nitrogen and oxygen atoms in total. The van der Waals surface area contributed by atoms with E-state index in [1.807, 2.05) is 0 Å². The van der Waals surface area contributed by atoms with Gasteiger partial charge in [0.05, 0.1) is 12.2 Å². The summed E-state index contributed by atoms with van der Waals surface area (Å²) >= 11 is 0. The van der Waals surface area contributed by atoms with Gasteiger partial charge in [0.25, 0.3) is 0 Å². The topological polar surface area (TPSA) is 38.3 Å². The van der Waals surface area contributed by atoms with E-state index < -0.39 is 17.7 Å². The molecular weight excluding hydrogens is 295 g/mol. The number of alkyl halides is 3. The molecule has 122 valence electrons. The van der Waals surface area contributed by atoms with Crippen LogP contribution in [0.15, 0.2) is 24.3 Å². The molecule has 22 heavy (non-hydrogen) atoms. The van der Waals surface area contributed by atoms with Crippen molar-refractivity contribution in [1.82, 2.24) is 5.32 Å². The zero-order valence-electron chi connectivity index (χ0n) is 12.5. The minimum Gasteiger partial charge on any atom is -0.381 e. The van der Waals surface area contributed by atoms with Crippen LogP contribution in [0.3, 0.4) is 0 Å². The van der Waals surface area contributed by atoms with E-state index in [0.717, 1.165) is 12.5 Å². The van der Waals surface area contributed by atoms with Crippen molar-refractivity contribution in [3.05, 3.63) is 35.4 Å². The fourth-order valence-corrected chi connectivity index (χ4v) is 2.65. The number of ether oxygens (including phenoxy) is 1. The van der Waals surface area contributed by atoms with Crippen molar-refractivity contribution in [2.45, 2.75) is 31.9 Å². The molecule has 0 aliphatic carbocycles. The summed E-state index contributed by atoms with van der Waals surface area (Å²) in [6.07, 6.45) is -3.45. The first-order chi connectivity index (χ1) is 10.4. The number of hydrogen-bond acceptors (Lipinski definition) is 2. The summed E-state index contributed by atoms with van der Waals surface area (Å²) in [6.45, 7) is 3.50. The van der Waals surface area contributed by atoms with E-state index in [2.05, 4.69) is 5.32 Å². The summed E-state index contributed by atoms with van der Waals surface area (Å²) in [5, 5.41) is 2.78. The highest BCUT2D eigenvalue weighted by Crippen LogP contribution is 2.35. The van der Waals surface area contributed by atoms with Crippen molar-refractivity contribution >= 4 is 5.91 Å². The largest absolute Gasteiger partial charge is 0.416 e. The highest BCUT2D eigenvalue weighted by atomic mass is 19.4. The molecule has 6 heteroatoms. The van der Waals surface area contributed by atoms with E-state index in [1.54, 1.807) is 13.0 Å². The molecular formula is C16H20F3NO2. The molecule has 0 spiro atoms. The summed E-state index contributed by atoms with van der Waals surface area (Å²) in [4.78, 5) is 11.9. The normalized spacial score (nSPS) is 19.9. The maximum atomic E-state index is 13.0. The van der Waals surface area contributed by atoms with Crippen LogP contribution in [0, 0.1) is 5.92 Å². The van der Waals surface area contributed by atoms with Crippen LogP contribution in [-0.2, 0) is 15.7 Å². The van der Waals surface area contributed by atoms with Gasteiger partial charge in [0, 0.05) is 25.5 Å². The minimum atomic E-state index is -4.40. The highest BCUT2D eigenvalue weighted by Gasteiger charge is 2.34. The van der Waals surface area contributed by atoms with Gasteiger partial charge >= 0.3 is 6.18 Å². The van der Waals surface area contributed by atoms with E-state index in [4.69, 9.17) is 4.74 Å². The van der Waals surface area contributed by atoms with Crippen LogP contribution in [0.2, 0.25) is 0 Å². The number of carbonyl (C=O) groups is 1. The van der Waals surface area contributed by atoms with Crippen molar-refractivity contribution < 1.29 is 22.7 Å². The predicted molar refractivity (Wildman–Crippen MR) is 76.4 cm³/mol. The van der Waals surface area contributed by atoms with Crippen molar-refractivity contribution in [1.29, 1.82) is 0 Å². The number of hydrogen-bond donors (Lipinski definition) is 1. The Labute approximate surface area is 127 Å². The van der Waals surface area contributed by atoms with Crippen molar-refractivity contribution in [2.24, 2.45) is 5.92 Å². The lowest BCUT2D eigenvalue weighted by molar-refractivity contribution is -0.138. The van der Waals surface area contributed by atoms with Crippen LogP contribution < -0.4 is 5.32 Å². The molecule has 0 aromatic heterocycles. The highest BCUT2D eigenvalue weighted by molar-refractivity contribution is 5.76. The Morgan fingerprint density at radius 1 is 1.41 bits per heavy atom. The van der Waals surface area contributed by atoms with Crippen LogP contribution in [-0.4, -0.2) is 25.7 Å². The maximum Gasteiger partial charge on any atom is 0.416 e. The molecule has 1 fully saturated rings. The number of benzene rings is 1. The molecule has 2 unspecified atom stereocenters. The van der Waals surface area contributed by atoms with E-state index in [9.17, 15) is 18.0 Å². The Balaban J connectivity index is 1.94. The predicted octanol–water partition coefficient (Wildman–Crippen LogP) is 3.35. The monoisotopic (exact) mass is 315 g/mol. The molecule has 0 saturated carbocycles. The van der Waals surface area contributed by atoms with Gasteiger partial charge < -0.3 is 10.1 Å². The van der Waals surface area contributed by atoms with Gasteiger partial charge in [0.2, 0.25) is 5.91 Å². The van der Waals surface area contributed by atoms with Crippen molar-refractivity contribution in [2.75, 3.05) is 19.8 Å². The third-order valence-corrected chi connectivity index (χ3v) is 3.90. The van der Waals surface area contributed by atoms with Crippen LogP contribution in [0.5, 0.6) is 0 Å². The smallest absolute Gasteiger partial charge is 0.381 e. The second-order valence-corrected chi connectivity index (χ2v) is 5.72. The first kappa shape index (κ1) is 16.8. The Morgan fingerprint density at radius 3 is 2.77 bits per heavy atom. The number of rotatable bonds is 5. The van der Waals surface area contributed by atoms with Crippen LogP contribution in [0.1, 0.15) is 36.8 Å². The first-order valence-corrected chi connectivity index (χ1v) is 7.38. The molecule has 2 rings (SSSR count). The van der Waals surface area contributed by atoms with Gasteiger partial charge in [0.1, 0.15) is 0 Å². The summed E-state index contributed by atoms with van der Waals surface area (Å²) in [6, 6.07) is 5.42. The molecule has 1 amide bonds. The quantitative estimate of drug-likeness (QED) is 0.905. The number of carbonyl (C=O) groups excluding carboxylic acids is 1. The zero-order chi connectivity index (χ0) is 16.2. The zero-order valence-corrected chi connectivity index (χ0v) is 12.5. The first-order valence-electron chi connectivity index (χ1n) is 7.38. The Morgan fingerprint density at radius 2 is 2.14 bits per heavy atom. The van der Waals surface area contributed by atoms with Gasteiger partial charge in [0.15, 0.2) is 0 Å². The average molecular weight is 315 g/mol. The second kappa shape index (κ2) is 7.13. The number of halogens is 3. The molecule has 1 aromatic rings. The Kier molecular flexibility index (Phi) is 5.45. The summed E-state index contributed by atoms with van der Waals surface area (Å²) in [7, 11) is 0. The van der Waals surface area contributed by atoms with Crippen molar-refractivity contribution in [3.63, 3.8) is 0 Å². The lowest BCUT2D eigenvalue weighted by Crippen LogP contribution is -2.30. The average Bonchev–Trinajstić information content (AvgIpc) is 2.97. The van der Waals surface area contributed by atoms with Gasteiger partial charge in [-0.05, 0) is 24.0 Å². The molecule has 1 heterocycles. The second-order valence-electron chi connectivity index (χ2n) is 5.72. The number of nitrogens with one attached hydrogen (secondary N) is 1. The molecule has 1 aliphatic rings. The minimum absolute atomic E-state index is 0.0423. The van der Waals surface area contributed by atoms with Gasteiger partial charge in [-0.3, -0.25) is 4.79 Å². The van der Waals surface area contributed by atoms with Crippen LogP contribution >= 0.6 is 0 Å². The van der Waals surface area contributed by atoms with Gasteiger partial charge in [-0.15, -0.1) is 0 Å². The molecule has 2 atom stereocenters. The lowest BCUT2D eigenvalue weighted by Gasteiger charge is -2.18. The lowest BCUT2D eigenvalue weighted by atomic mass is 9.92. The fourth-order valence-electron chi connectivity index (χ4n) is 2.65. The van der Waals surface area contributed by atoms with Crippen LogP contribution in [0.4, 0.5) is 13.2 Å². The Hall–Kier alpha value is -1.56. The summed E-state index contributed by atoms with van der Waals surface area (Å²) < 4.78 is 44.2. The standard InChI is InChI=1S/C16H20F3NO2/c1-11(8-15(21)20-9-12-6-7-22-10-12)13-4-2-3-5-14(13)16(17,18)19/h2-5,11-12H,6-10H2,1H3,(H,20,21). The summed E-state index contributed by atoms with van der Waals surface area (Å²) in [5.41, 5.74) is -0.506. The van der Waals surface area contributed by atoms with E-state index in [-0.39, 0.29) is 17.9 Å². The number of amides is 1. The fraction of sp³-hybridized carbons (Fsp3) is 0.562. The molecule has 0 bridgehead atoms. The third kappa shape index (κ3) is 4.47. The van der Waals surface area contributed by atoms with E-state index >= 15 is 0 Å².